The smallest absolute Gasteiger partial charge is 0.411 e. The molecule has 0 radical (unpaired) electrons. The van der Waals surface area contributed by atoms with E-state index in [4.69, 9.17) is 10.00 Å². The van der Waals surface area contributed by atoms with Gasteiger partial charge in [-0.2, -0.15) is 5.26 Å². The molecule has 1 saturated heterocycles. The first-order valence-electron chi connectivity index (χ1n) is 5.94. The Hall–Kier alpha value is -1.81. The molecule has 0 aromatic rings. The number of nitriles is 1. The van der Waals surface area contributed by atoms with E-state index in [0.717, 1.165) is 0 Å². The molecule has 0 aliphatic carbocycles. The minimum absolute atomic E-state index is 0.117. The predicted molar refractivity (Wildman–Crippen MR) is 67.4 cm³/mol. The topological polar surface area (TPSA) is 95.2 Å². The number of ether oxygens (including phenoxy) is 1. The van der Waals surface area contributed by atoms with Crippen molar-refractivity contribution in [1.82, 2.24) is 4.90 Å². The van der Waals surface area contributed by atoms with Crippen LogP contribution in [-0.2, 0) is 9.57 Å². The van der Waals surface area contributed by atoms with Crippen LogP contribution in [-0.4, -0.2) is 53.7 Å². The summed E-state index contributed by atoms with van der Waals surface area (Å²) in [6.45, 7) is 5.04. The highest BCUT2D eigenvalue weighted by Crippen LogP contribution is 2.24. The Morgan fingerprint density at radius 2 is 2.26 bits per heavy atom. The summed E-state index contributed by atoms with van der Waals surface area (Å²) in [5.74, 6) is -0.683. The third kappa shape index (κ3) is 3.58. The fraction of sp³-hybridized carbons (Fsp3) is 0.750. The molecule has 19 heavy (non-hydrogen) atoms. The lowest BCUT2D eigenvalue weighted by molar-refractivity contribution is 0.0162. The second kappa shape index (κ2) is 5.89. The van der Waals surface area contributed by atoms with Crippen molar-refractivity contribution < 1.29 is 19.5 Å². The van der Waals surface area contributed by atoms with Crippen LogP contribution in [0.25, 0.3) is 0 Å². The highest BCUT2D eigenvalue weighted by atomic mass is 16.6. The zero-order valence-corrected chi connectivity index (χ0v) is 11.6. The van der Waals surface area contributed by atoms with Crippen molar-refractivity contribution in [3.05, 3.63) is 0 Å². The van der Waals surface area contributed by atoms with Gasteiger partial charge in [0.15, 0.2) is 0 Å². The van der Waals surface area contributed by atoms with Crippen LogP contribution in [0.2, 0.25) is 0 Å². The highest BCUT2D eigenvalue weighted by molar-refractivity contribution is 5.96. The second-order valence-corrected chi connectivity index (χ2v) is 5.23. The van der Waals surface area contributed by atoms with Crippen molar-refractivity contribution in [2.24, 2.45) is 11.1 Å². The summed E-state index contributed by atoms with van der Waals surface area (Å²) >= 11 is 0. The van der Waals surface area contributed by atoms with E-state index in [1.165, 1.54) is 12.0 Å². The maximum absolute atomic E-state index is 12.0. The Labute approximate surface area is 112 Å². The van der Waals surface area contributed by atoms with E-state index in [9.17, 15) is 9.90 Å². The van der Waals surface area contributed by atoms with Crippen LogP contribution in [0, 0.1) is 17.2 Å². The van der Waals surface area contributed by atoms with Crippen LogP contribution in [0.1, 0.15) is 20.8 Å². The van der Waals surface area contributed by atoms with E-state index in [1.807, 2.05) is 6.07 Å². The normalized spacial score (nSPS) is 25.3. The molecule has 1 amide bonds. The van der Waals surface area contributed by atoms with Crippen LogP contribution in [0.15, 0.2) is 5.16 Å². The van der Waals surface area contributed by atoms with E-state index in [2.05, 4.69) is 9.99 Å². The van der Waals surface area contributed by atoms with Gasteiger partial charge in [-0.25, -0.2) is 4.79 Å². The van der Waals surface area contributed by atoms with Crippen molar-refractivity contribution in [3.8, 4) is 6.07 Å². The van der Waals surface area contributed by atoms with Gasteiger partial charge in [0.05, 0.1) is 31.0 Å². The molecule has 106 valence electrons. The Morgan fingerprint density at radius 1 is 1.63 bits per heavy atom. The molecular formula is C12H19N3O4. The van der Waals surface area contributed by atoms with Crippen LogP contribution >= 0.6 is 0 Å². The fourth-order valence-electron chi connectivity index (χ4n) is 1.88. The molecule has 0 aromatic heterocycles. The zero-order valence-electron chi connectivity index (χ0n) is 11.6. The van der Waals surface area contributed by atoms with Gasteiger partial charge >= 0.3 is 6.09 Å². The molecule has 7 nitrogen and oxygen atoms in total. The molecule has 1 fully saturated rings. The molecule has 1 rings (SSSR count). The Morgan fingerprint density at radius 3 is 2.68 bits per heavy atom. The molecular weight excluding hydrogens is 250 g/mol. The van der Waals surface area contributed by atoms with E-state index in [1.54, 1.807) is 20.8 Å². The largest absolute Gasteiger partial charge is 0.444 e. The average Bonchev–Trinajstić information content (AvgIpc) is 2.65. The number of likely N-dealkylation sites (tertiary alicyclic amines) is 1. The van der Waals surface area contributed by atoms with Gasteiger partial charge in [-0.15, -0.1) is 0 Å². The molecule has 1 aliphatic heterocycles. The third-order valence-electron chi connectivity index (χ3n) is 2.64. The van der Waals surface area contributed by atoms with Crippen molar-refractivity contribution in [1.29, 1.82) is 5.26 Å². The number of carbonyl (C=O) groups excluding carboxylic acids is 1. The van der Waals surface area contributed by atoms with Crippen LogP contribution in [0.5, 0.6) is 0 Å². The lowest BCUT2D eigenvalue weighted by Gasteiger charge is -2.27. The number of oxime groups is 1. The summed E-state index contributed by atoms with van der Waals surface area (Å²) in [6, 6.07) is 1.37. The number of carbonyl (C=O) groups is 1. The van der Waals surface area contributed by atoms with Crippen LogP contribution in [0.4, 0.5) is 4.79 Å². The Bertz CT molecular complexity index is 408. The van der Waals surface area contributed by atoms with Crippen molar-refractivity contribution in [2.45, 2.75) is 32.4 Å². The van der Waals surface area contributed by atoms with E-state index < -0.39 is 23.7 Å². The molecule has 7 heteroatoms. The van der Waals surface area contributed by atoms with Gasteiger partial charge in [-0.05, 0) is 20.8 Å². The van der Waals surface area contributed by atoms with Crippen molar-refractivity contribution in [3.63, 3.8) is 0 Å². The van der Waals surface area contributed by atoms with Crippen LogP contribution < -0.4 is 0 Å². The predicted octanol–water partition coefficient (Wildman–Crippen LogP) is 0.740. The van der Waals surface area contributed by atoms with Gasteiger partial charge in [0.2, 0.25) is 0 Å². The SMILES string of the molecule is CON=C1CN(C(=O)OC(C)(C)C)C(CO)C1C#N. The number of nitrogens with zero attached hydrogens (tertiary/aromatic N) is 3. The molecule has 0 spiro atoms. The zero-order chi connectivity index (χ0) is 14.6. The standard InChI is InChI=1S/C12H19N3O4/c1-12(2,3)19-11(17)15-6-9(14-18-4)8(5-13)10(15)7-16/h8,10,16H,6-7H2,1-4H3. The summed E-state index contributed by atoms with van der Waals surface area (Å²) in [5.41, 5.74) is -0.227. The van der Waals surface area contributed by atoms with Gasteiger partial charge < -0.3 is 14.7 Å². The molecule has 2 atom stereocenters. The number of hydrogen-bond donors (Lipinski definition) is 1. The molecule has 1 N–H and O–H groups in total. The summed E-state index contributed by atoms with van der Waals surface area (Å²) in [4.78, 5) is 18.0. The minimum Gasteiger partial charge on any atom is -0.444 e. The first-order chi connectivity index (χ1) is 8.84. The first-order valence-corrected chi connectivity index (χ1v) is 5.94. The summed E-state index contributed by atoms with van der Waals surface area (Å²) < 4.78 is 5.24. The quantitative estimate of drug-likeness (QED) is 0.746. The molecule has 0 bridgehead atoms. The van der Waals surface area contributed by atoms with Crippen molar-refractivity contribution in [2.75, 3.05) is 20.3 Å². The average molecular weight is 269 g/mol. The van der Waals surface area contributed by atoms with Gasteiger partial charge in [-0.1, -0.05) is 5.16 Å². The van der Waals surface area contributed by atoms with E-state index >= 15 is 0 Å². The lowest BCUT2D eigenvalue weighted by Crippen LogP contribution is -2.43. The second-order valence-electron chi connectivity index (χ2n) is 5.23. The molecule has 2 unspecified atom stereocenters. The molecule has 0 aromatic carbocycles. The van der Waals surface area contributed by atoms with Gasteiger partial charge in [0.25, 0.3) is 0 Å². The Balaban J connectivity index is 2.93. The van der Waals surface area contributed by atoms with Crippen molar-refractivity contribution >= 4 is 11.8 Å². The lowest BCUT2D eigenvalue weighted by atomic mass is 10.0. The maximum atomic E-state index is 12.0. The number of hydrogen-bond acceptors (Lipinski definition) is 6. The Kier molecular flexibility index (Phi) is 4.72. The molecule has 1 aliphatic rings. The van der Waals surface area contributed by atoms with Crippen LogP contribution in [0.3, 0.4) is 0 Å². The third-order valence-corrected chi connectivity index (χ3v) is 2.64. The highest BCUT2D eigenvalue weighted by Gasteiger charge is 2.43. The summed E-state index contributed by atoms with van der Waals surface area (Å²) in [5, 5.41) is 22.2. The van der Waals surface area contributed by atoms with Gasteiger partial charge in [-0.3, -0.25) is 4.90 Å². The van der Waals surface area contributed by atoms with E-state index in [0.29, 0.717) is 5.71 Å². The van der Waals surface area contributed by atoms with Gasteiger partial charge in [0.1, 0.15) is 18.6 Å². The first kappa shape index (κ1) is 15.2. The number of aliphatic hydroxyl groups excluding tert-OH is 1. The number of rotatable bonds is 2. The summed E-state index contributed by atoms with van der Waals surface area (Å²) in [7, 11) is 1.37. The molecule has 0 saturated carbocycles. The van der Waals surface area contributed by atoms with Gasteiger partial charge in [0, 0.05) is 0 Å². The molecule has 1 heterocycles. The minimum atomic E-state index is -0.683. The monoisotopic (exact) mass is 269 g/mol. The van der Waals surface area contributed by atoms with E-state index in [-0.39, 0.29) is 13.2 Å². The number of aliphatic hydroxyl groups is 1. The maximum Gasteiger partial charge on any atom is 0.411 e. The fourth-order valence-corrected chi connectivity index (χ4v) is 1.88. The number of amides is 1. The summed E-state index contributed by atoms with van der Waals surface area (Å²) in [6.07, 6.45) is -0.576.